The van der Waals surface area contributed by atoms with Crippen LogP contribution in [0, 0.1) is 17.8 Å². The molecule has 0 aliphatic heterocycles. The van der Waals surface area contributed by atoms with Gasteiger partial charge in [-0.15, -0.1) is 0 Å². The van der Waals surface area contributed by atoms with Crippen molar-refractivity contribution in [3.05, 3.63) is 54.1 Å². The Bertz CT molecular complexity index is 2330. The Kier molecular flexibility index (Phi) is 28.0. The number of nitrogens with one attached hydrogen (secondary N) is 9. The number of aromatic nitrogens is 2. The second kappa shape index (κ2) is 33.1. The number of hydrogen-bond donors (Lipinski definition) is 14. The number of carbonyl (C=O) groups is 11. The van der Waals surface area contributed by atoms with E-state index in [2.05, 4.69) is 57.5 Å². The molecule has 2 rings (SSSR count). The minimum Gasteiger partial charge on any atom is -0.370 e. The standard InChI is InChI=1S/C50H80N16O11/c1-26(2)18-35(63-44(72)34(14-11-17-57-50(54)55)61-43(71)33(51)15-16-39(52)68)45(73)59-29(7)42(70)62-38(22-40(53)69)47(75)65-37(20-30-12-9-8-10-13-30)46(74)64-36(19-27(3)4)48(76)66-41(28(5)6)49(77)60-32(24-67)21-31-23-56-25-58-31/h8-10,12-13,23-29,32-38,41H,11,14-22,51H2,1-7H3,(H2,52,68)(H2,53,69)(H,56,58)(H,59,73)(H,60,77)(H,61,71)(H,62,70)(H,63,72)(H,64,74)(H,65,75)(H,66,76)(H4,54,55,57)/t29-,32-,33-,34-,35-,36-,37-,38-,41-/m0/s1. The highest BCUT2D eigenvalue weighted by molar-refractivity contribution is 5.99. The minimum atomic E-state index is -1.70. The van der Waals surface area contributed by atoms with E-state index in [0.717, 1.165) is 0 Å². The summed E-state index contributed by atoms with van der Waals surface area (Å²) in [6.45, 7) is 11.9. The van der Waals surface area contributed by atoms with E-state index in [0.29, 0.717) is 17.5 Å². The molecule has 0 unspecified atom stereocenters. The third-order valence-corrected chi connectivity index (χ3v) is 11.7. The summed E-state index contributed by atoms with van der Waals surface area (Å²) in [4.78, 5) is 156. The number of nitrogens with two attached hydrogens (primary N) is 5. The molecule has 0 saturated heterocycles. The fourth-order valence-electron chi connectivity index (χ4n) is 7.68. The van der Waals surface area contributed by atoms with E-state index >= 15 is 0 Å². The quantitative estimate of drug-likeness (QED) is 0.0138. The van der Waals surface area contributed by atoms with E-state index in [4.69, 9.17) is 28.7 Å². The van der Waals surface area contributed by atoms with E-state index in [1.165, 1.54) is 19.4 Å². The molecule has 1 aromatic carbocycles. The van der Waals surface area contributed by atoms with Crippen LogP contribution in [0.2, 0.25) is 0 Å². The molecule has 19 N–H and O–H groups in total. The average Bonchev–Trinajstić information content (AvgIpc) is 3.87. The maximum atomic E-state index is 14.3. The molecule has 0 aliphatic carbocycles. The molecule has 0 aliphatic rings. The molecule has 1 aromatic heterocycles. The zero-order valence-electron chi connectivity index (χ0n) is 44.9. The van der Waals surface area contributed by atoms with Gasteiger partial charge < -0.3 is 81.0 Å². The van der Waals surface area contributed by atoms with E-state index in [1.807, 2.05) is 0 Å². The van der Waals surface area contributed by atoms with Crippen LogP contribution in [0.4, 0.5) is 0 Å². The lowest BCUT2D eigenvalue weighted by Gasteiger charge is -2.29. The molecule has 77 heavy (non-hydrogen) atoms. The maximum absolute atomic E-state index is 14.3. The van der Waals surface area contributed by atoms with E-state index in [1.54, 1.807) is 71.9 Å². The third-order valence-electron chi connectivity index (χ3n) is 11.7. The molecule has 0 radical (unpaired) electrons. The average molecular weight is 1080 g/mol. The van der Waals surface area contributed by atoms with Crippen molar-refractivity contribution in [1.82, 2.24) is 52.5 Å². The number of amides is 10. The van der Waals surface area contributed by atoms with Crippen molar-refractivity contribution < 1.29 is 52.7 Å². The SMILES string of the molecule is CC(C)C[C@H](NC(=O)[C@H](CCCN=C(N)N)NC(=O)[C@@H](N)CCC(N)=O)C(=O)N[C@@H](C)C(=O)N[C@@H](CC(N)=O)C(=O)N[C@@H](Cc1ccccc1)C(=O)N[C@@H](CC(C)C)C(=O)N[C@H](C(=O)N[C@H](C=O)Cc1cnc[nH]1)C(C)C. The summed E-state index contributed by atoms with van der Waals surface area (Å²) >= 11 is 0. The number of hydrogen-bond acceptors (Lipinski definition) is 14. The van der Waals surface area contributed by atoms with Gasteiger partial charge in [-0.05, 0) is 62.3 Å². The van der Waals surface area contributed by atoms with Crippen LogP contribution in [0.1, 0.15) is 105 Å². The molecule has 0 saturated carbocycles. The maximum Gasteiger partial charge on any atom is 0.243 e. The van der Waals surface area contributed by atoms with Crippen LogP contribution in [0.15, 0.2) is 47.8 Å². The van der Waals surface area contributed by atoms with Gasteiger partial charge in [0.05, 0.1) is 24.8 Å². The lowest BCUT2D eigenvalue weighted by Crippen LogP contribution is -2.61. The molecule has 0 spiro atoms. The van der Waals surface area contributed by atoms with Crippen LogP contribution in [0.5, 0.6) is 0 Å². The van der Waals surface area contributed by atoms with Gasteiger partial charge in [0.1, 0.15) is 48.6 Å². The third kappa shape index (κ3) is 25.0. The Morgan fingerprint density at radius 3 is 1.65 bits per heavy atom. The Hall–Kier alpha value is -7.97. The second-order valence-electron chi connectivity index (χ2n) is 20.0. The molecule has 9 atom stereocenters. The number of benzene rings is 1. The van der Waals surface area contributed by atoms with Crippen LogP contribution in [0.25, 0.3) is 0 Å². The molecular weight excluding hydrogens is 1000 g/mol. The Balaban J connectivity index is 2.34. The van der Waals surface area contributed by atoms with Gasteiger partial charge in [0.15, 0.2) is 5.96 Å². The number of nitrogens with zero attached hydrogens (tertiary/aromatic N) is 2. The lowest BCUT2D eigenvalue weighted by molar-refractivity contribution is -0.136. The fraction of sp³-hybridized carbons (Fsp3) is 0.580. The zero-order valence-corrected chi connectivity index (χ0v) is 44.9. The van der Waals surface area contributed by atoms with Crippen molar-refractivity contribution in [2.45, 2.75) is 161 Å². The normalized spacial score (nSPS) is 14.6. The predicted octanol–water partition coefficient (Wildman–Crippen LogP) is -3.44. The van der Waals surface area contributed by atoms with E-state index in [9.17, 15) is 52.7 Å². The fourth-order valence-corrected chi connectivity index (χ4v) is 7.68. The first-order valence-electron chi connectivity index (χ1n) is 25.5. The van der Waals surface area contributed by atoms with Crippen LogP contribution in [-0.2, 0) is 65.6 Å². The number of aldehydes is 1. The Morgan fingerprint density at radius 1 is 0.597 bits per heavy atom. The Morgan fingerprint density at radius 2 is 1.13 bits per heavy atom. The van der Waals surface area contributed by atoms with Crippen molar-refractivity contribution in [3.63, 3.8) is 0 Å². The van der Waals surface area contributed by atoms with Crippen molar-refractivity contribution in [2.24, 2.45) is 51.4 Å². The molecule has 27 heteroatoms. The van der Waals surface area contributed by atoms with Gasteiger partial charge in [0, 0.05) is 37.7 Å². The molecule has 0 fully saturated rings. The van der Waals surface area contributed by atoms with Crippen molar-refractivity contribution in [1.29, 1.82) is 0 Å². The summed E-state index contributed by atoms with van der Waals surface area (Å²) in [7, 11) is 0. The number of aromatic amines is 1. The molecular formula is C50H80N16O11. The van der Waals surface area contributed by atoms with Crippen molar-refractivity contribution >= 4 is 71.3 Å². The number of H-pyrrole nitrogens is 1. The van der Waals surface area contributed by atoms with Gasteiger partial charge in [0.2, 0.25) is 59.1 Å². The van der Waals surface area contributed by atoms with E-state index < -0.39 is 126 Å². The first-order valence-corrected chi connectivity index (χ1v) is 25.5. The number of guanidine groups is 1. The van der Waals surface area contributed by atoms with Gasteiger partial charge in [-0.2, -0.15) is 0 Å². The summed E-state index contributed by atoms with van der Waals surface area (Å²) in [6.07, 6.45) is 2.78. The predicted molar refractivity (Wildman–Crippen MR) is 283 cm³/mol. The summed E-state index contributed by atoms with van der Waals surface area (Å²) in [5.74, 6) is -9.33. The number of primary amides is 2. The van der Waals surface area contributed by atoms with E-state index in [-0.39, 0.29) is 75.7 Å². The van der Waals surface area contributed by atoms with Crippen LogP contribution >= 0.6 is 0 Å². The number of rotatable bonds is 35. The smallest absolute Gasteiger partial charge is 0.243 e. The summed E-state index contributed by atoms with van der Waals surface area (Å²) in [6, 6.07) is -3.08. The van der Waals surface area contributed by atoms with Crippen LogP contribution < -0.4 is 71.2 Å². The van der Waals surface area contributed by atoms with Gasteiger partial charge in [-0.3, -0.25) is 52.9 Å². The number of carbonyl (C=O) groups excluding carboxylic acids is 11. The summed E-state index contributed by atoms with van der Waals surface area (Å²) in [5.41, 5.74) is 28.7. The van der Waals surface area contributed by atoms with Crippen LogP contribution in [0.3, 0.4) is 0 Å². The number of aliphatic imine (C=N–C) groups is 1. The molecule has 27 nitrogen and oxygen atoms in total. The number of imidazole rings is 1. The first-order chi connectivity index (χ1) is 36.2. The van der Waals surface area contributed by atoms with Gasteiger partial charge in [0.25, 0.3) is 0 Å². The lowest BCUT2D eigenvalue weighted by atomic mass is 9.98. The minimum absolute atomic E-state index is 0.00510. The van der Waals surface area contributed by atoms with Gasteiger partial charge >= 0.3 is 0 Å². The first kappa shape index (κ1) is 65.1. The highest BCUT2D eigenvalue weighted by Gasteiger charge is 2.35. The topological polar surface area (TPSA) is 455 Å². The molecule has 0 bridgehead atoms. The monoisotopic (exact) mass is 1080 g/mol. The zero-order chi connectivity index (χ0) is 57.9. The highest BCUT2D eigenvalue weighted by atomic mass is 16.2. The summed E-state index contributed by atoms with van der Waals surface area (Å²) < 4.78 is 0. The summed E-state index contributed by atoms with van der Waals surface area (Å²) in [5, 5.41) is 20.7. The highest BCUT2D eigenvalue weighted by Crippen LogP contribution is 2.13. The Labute approximate surface area is 448 Å². The van der Waals surface area contributed by atoms with Gasteiger partial charge in [-0.1, -0.05) is 71.9 Å². The van der Waals surface area contributed by atoms with Crippen molar-refractivity contribution in [3.8, 4) is 0 Å². The largest absolute Gasteiger partial charge is 0.370 e. The molecule has 2 aromatic rings. The second-order valence-corrected chi connectivity index (χ2v) is 20.0. The molecule has 426 valence electrons. The molecule has 1 heterocycles. The van der Waals surface area contributed by atoms with Crippen molar-refractivity contribution in [2.75, 3.05) is 6.54 Å². The van der Waals surface area contributed by atoms with Crippen LogP contribution in [-0.4, -0.2) is 142 Å². The van der Waals surface area contributed by atoms with Gasteiger partial charge in [-0.25, -0.2) is 4.98 Å². The molecule has 10 amide bonds.